The van der Waals surface area contributed by atoms with E-state index in [1.54, 1.807) is 0 Å². The van der Waals surface area contributed by atoms with Gasteiger partial charge in [-0.15, -0.1) is 0 Å². The zero-order valence-corrected chi connectivity index (χ0v) is 16.9. The number of nitrogens with zero attached hydrogens (tertiary/aromatic N) is 2. The first-order chi connectivity index (χ1) is 13.0. The van der Waals surface area contributed by atoms with Crippen LogP contribution in [0.1, 0.15) is 34.4 Å². The molecule has 0 radical (unpaired) electrons. The molecule has 0 saturated carbocycles. The predicted octanol–water partition coefficient (Wildman–Crippen LogP) is 2.92. The molecular weight excluding hydrogens is 334 g/mol. The molecule has 2 aromatic carbocycles. The van der Waals surface area contributed by atoms with E-state index < -0.39 is 6.10 Å². The topological polar surface area (TPSA) is 38.7 Å². The molecule has 2 unspecified atom stereocenters. The molecule has 4 heteroatoms. The Morgan fingerprint density at radius 2 is 1.56 bits per heavy atom. The standard InChI is InChI=1S/C23H33N3O/c1-18-13-19(2)15-21(14-18)23(27)16-24-22(20-7-5-4-6-8-20)17-26-11-9-25(3)10-12-26/h4-8,13-15,22-24,27H,9-12,16-17H2,1-3H3. The molecule has 2 N–H and O–H groups in total. The number of likely N-dealkylation sites (N-methyl/N-ethyl adjacent to an activating group) is 1. The van der Waals surface area contributed by atoms with Crippen molar-refractivity contribution in [3.8, 4) is 0 Å². The number of hydrogen-bond acceptors (Lipinski definition) is 4. The Kier molecular flexibility index (Phi) is 7.02. The van der Waals surface area contributed by atoms with Crippen LogP contribution in [0.25, 0.3) is 0 Å². The smallest absolute Gasteiger partial charge is 0.0914 e. The van der Waals surface area contributed by atoms with Crippen molar-refractivity contribution >= 4 is 0 Å². The molecule has 3 rings (SSSR count). The monoisotopic (exact) mass is 367 g/mol. The van der Waals surface area contributed by atoms with Crippen molar-refractivity contribution in [1.82, 2.24) is 15.1 Å². The van der Waals surface area contributed by atoms with Gasteiger partial charge in [0, 0.05) is 45.3 Å². The van der Waals surface area contributed by atoms with Gasteiger partial charge in [0.15, 0.2) is 0 Å². The quantitative estimate of drug-likeness (QED) is 0.789. The second kappa shape index (κ2) is 9.47. The van der Waals surface area contributed by atoms with Gasteiger partial charge in [-0.2, -0.15) is 0 Å². The molecule has 1 fully saturated rings. The van der Waals surface area contributed by atoms with E-state index in [2.05, 4.69) is 84.5 Å². The van der Waals surface area contributed by atoms with Gasteiger partial charge < -0.3 is 15.3 Å². The van der Waals surface area contributed by atoms with Crippen LogP contribution in [-0.4, -0.2) is 61.2 Å². The van der Waals surface area contributed by atoms with Crippen LogP contribution in [0, 0.1) is 13.8 Å². The second-order valence-corrected chi connectivity index (χ2v) is 7.91. The Balaban J connectivity index is 1.66. The number of aliphatic hydroxyl groups is 1. The number of aryl methyl sites for hydroxylation is 2. The summed E-state index contributed by atoms with van der Waals surface area (Å²) in [5.41, 5.74) is 4.66. The number of aliphatic hydroxyl groups excluding tert-OH is 1. The second-order valence-electron chi connectivity index (χ2n) is 7.91. The van der Waals surface area contributed by atoms with Gasteiger partial charge in [0.1, 0.15) is 0 Å². The lowest BCUT2D eigenvalue weighted by Crippen LogP contribution is -2.47. The number of rotatable bonds is 7. The summed E-state index contributed by atoms with van der Waals surface area (Å²) < 4.78 is 0. The van der Waals surface area contributed by atoms with Crippen LogP contribution in [0.2, 0.25) is 0 Å². The van der Waals surface area contributed by atoms with Gasteiger partial charge in [0.25, 0.3) is 0 Å². The van der Waals surface area contributed by atoms with Gasteiger partial charge in [-0.3, -0.25) is 4.90 Å². The van der Waals surface area contributed by atoms with E-state index in [-0.39, 0.29) is 6.04 Å². The first kappa shape index (κ1) is 20.0. The van der Waals surface area contributed by atoms with Crippen molar-refractivity contribution in [1.29, 1.82) is 0 Å². The molecule has 2 aromatic rings. The third-order valence-corrected chi connectivity index (χ3v) is 5.43. The molecule has 2 atom stereocenters. The van der Waals surface area contributed by atoms with Crippen LogP contribution in [0.3, 0.4) is 0 Å². The van der Waals surface area contributed by atoms with Gasteiger partial charge in [0.2, 0.25) is 0 Å². The third kappa shape index (κ3) is 5.88. The molecule has 1 aliphatic heterocycles. The summed E-state index contributed by atoms with van der Waals surface area (Å²) >= 11 is 0. The summed E-state index contributed by atoms with van der Waals surface area (Å²) in [4.78, 5) is 4.90. The average Bonchev–Trinajstić information content (AvgIpc) is 2.66. The van der Waals surface area contributed by atoms with E-state index in [1.165, 1.54) is 16.7 Å². The van der Waals surface area contributed by atoms with Gasteiger partial charge >= 0.3 is 0 Å². The fraction of sp³-hybridized carbons (Fsp3) is 0.478. The third-order valence-electron chi connectivity index (χ3n) is 5.43. The predicted molar refractivity (Wildman–Crippen MR) is 112 cm³/mol. The first-order valence-electron chi connectivity index (χ1n) is 9.97. The molecular formula is C23H33N3O. The number of benzene rings is 2. The van der Waals surface area contributed by atoms with Crippen LogP contribution < -0.4 is 5.32 Å². The highest BCUT2D eigenvalue weighted by atomic mass is 16.3. The molecule has 27 heavy (non-hydrogen) atoms. The van der Waals surface area contributed by atoms with Crippen molar-refractivity contribution in [3.05, 3.63) is 70.8 Å². The summed E-state index contributed by atoms with van der Waals surface area (Å²) in [6.07, 6.45) is -0.498. The Morgan fingerprint density at radius 3 is 2.19 bits per heavy atom. The van der Waals surface area contributed by atoms with Crippen LogP contribution in [0.4, 0.5) is 0 Å². The summed E-state index contributed by atoms with van der Waals surface area (Å²) in [5.74, 6) is 0. The SMILES string of the molecule is Cc1cc(C)cc(C(O)CNC(CN2CCN(C)CC2)c2ccccc2)c1. The number of hydrogen-bond donors (Lipinski definition) is 2. The highest BCUT2D eigenvalue weighted by Crippen LogP contribution is 2.20. The molecule has 146 valence electrons. The minimum atomic E-state index is -0.498. The zero-order valence-electron chi connectivity index (χ0n) is 16.9. The maximum Gasteiger partial charge on any atom is 0.0914 e. The van der Waals surface area contributed by atoms with E-state index in [0.29, 0.717) is 6.54 Å². The van der Waals surface area contributed by atoms with Crippen molar-refractivity contribution in [3.63, 3.8) is 0 Å². The summed E-state index contributed by atoms with van der Waals surface area (Å²) in [5, 5.41) is 14.3. The number of piperazine rings is 1. The highest BCUT2D eigenvalue weighted by molar-refractivity contribution is 5.30. The van der Waals surface area contributed by atoms with Crippen molar-refractivity contribution in [2.24, 2.45) is 0 Å². The van der Waals surface area contributed by atoms with E-state index in [9.17, 15) is 5.11 Å². The molecule has 1 heterocycles. The Bertz CT molecular complexity index is 691. The van der Waals surface area contributed by atoms with Crippen molar-refractivity contribution in [2.45, 2.75) is 26.0 Å². The molecule has 1 saturated heterocycles. The van der Waals surface area contributed by atoms with Crippen molar-refractivity contribution in [2.75, 3.05) is 46.3 Å². The molecule has 1 aliphatic rings. The molecule has 0 amide bonds. The summed E-state index contributed by atoms with van der Waals surface area (Å²) in [7, 11) is 2.18. The Labute approximate surface area is 163 Å². The summed E-state index contributed by atoms with van der Waals surface area (Å²) in [6.45, 7) is 10.1. The maximum atomic E-state index is 10.7. The summed E-state index contributed by atoms with van der Waals surface area (Å²) in [6, 6.07) is 17.1. The maximum absolute atomic E-state index is 10.7. The van der Waals surface area contributed by atoms with E-state index >= 15 is 0 Å². The van der Waals surface area contributed by atoms with Crippen LogP contribution in [0.5, 0.6) is 0 Å². The lowest BCUT2D eigenvalue weighted by molar-refractivity contribution is 0.132. The molecule has 0 aromatic heterocycles. The zero-order chi connectivity index (χ0) is 19.2. The number of nitrogens with one attached hydrogen (secondary N) is 1. The molecule has 0 bridgehead atoms. The van der Waals surface area contributed by atoms with Gasteiger partial charge in [-0.25, -0.2) is 0 Å². The van der Waals surface area contributed by atoms with Crippen molar-refractivity contribution < 1.29 is 5.11 Å². The average molecular weight is 368 g/mol. The minimum Gasteiger partial charge on any atom is -0.387 e. The molecule has 0 aliphatic carbocycles. The van der Waals surface area contributed by atoms with E-state index in [1.807, 2.05) is 0 Å². The fourth-order valence-electron chi connectivity index (χ4n) is 3.84. The molecule has 4 nitrogen and oxygen atoms in total. The normalized spacial score (nSPS) is 18.4. The Hall–Kier alpha value is -1.72. The van der Waals surface area contributed by atoms with Gasteiger partial charge in [-0.1, -0.05) is 59.7 Å². The van der Waals surface area contributed by atoms with Crippen LogP contribution in [0.15, 0.2) is 48.5 Å². The Morgan fingerprint density at radius 1 is 0.926 bits per heavy atom. The molecule has 0 spiro atoms. The van der Waals surface area contributed by atoms with E-state index in [0.717, 1.165) is 38.3 Å². The van der Waals surface area contributed by atoms with Crippen LogP contribution in [-0.2, 0) is 0 Å². The van der Waals surface area contributed by atoms with Gasteiger partial charge in [0.05, 0.1) is 6.10 Å². The lowest BCUT2D eigenvalue weighted by atomic mass is 10.0. The lowest BCUT2D eigenvalue weighted by Gasteiger charge is -2.35. The fourth-order valence-corrected chi connectivity index (χ4v) is 3.84. The first-order valence-corrected chi connectivity index (χ1v) is 9.97. The largest absolute Gasteiger partial charge is 0.387 e. The van der Waals surface area contributed by atoms with E-state index in [4.69, 9.17) is 0 Å². The minimum absolute atomic E-state index is 0.218. The highest BCUT2D eigenvalue weighted by Gasteiger charge is 2.20. The van der Waals surface area contributed by atoms with Crippen LogP contribution >= 0.6 is 0 Å². The van der Waals surface area contributed by atoms with Gasteiger partial charge in [-0.05, 0) is 32.0 Å².